The fourth-order valence-corrected chi connectivity index (χ4v) is 5.01. The minimum absolute atomic E-state index is 0.757. The summed E-state index contributed by atoms with van der Waals surface area (Å²) in [7, 11) is -2.81. The molecule has 0 amide bonds. The Morgan fingerprint density at radius 2 is 1.23 bits per heavy atom. The molecule has 0 spiro atoms. The first kappa shape index (κ1) is 17.1. The van der Waals surface area contributed by atoms with E-state index in [1.807, 2.05) is 48.5 Å². The van der Waals surface area contributed by atoms with Crippen LogP contribution < -0.4 is 9.05 Å². The van der Waals surface area contributed by atoms with E-state index in [-0.39, 0.29) is 0 Å². The fourth-order valence-electron chi connectivity index (χ4n) is 2.08. The summed E-state index contributed by atoms with van der Waals surface area (Å²) in [6.07, 6.45) is 2.82. The van der Waals surface area contributed by atoms with Crippen LogP contribution >= 0.6 is 18.3 Å². The van der Waals surface area contributed by atoms with Gasteiger partial charge in [0.2, 0.25) is 0 Å². The first-order valence-electron chi connectivity index (χ1n) is 7.71. The molecule has 0 bridgehead atoms. The van der Waals surface area contributed by atoms with Crippen molar-refractivity contribution in [2.45, 2.75) is 33.6 Å². The van der Waals surface area contributed by atoms with Gasteiger partial charge in [0.15, 0.2) is 0 Å². The normalized spacial score (nSPS) is 12.0. The van der Waals surface area contributed by atoms with Gasteiger partial charge in [-0.25, -0.2) is 0 Å². The van der Waals surface area contributed by atoms with E-state index in [1.165, 1.54) is 11.1 Å². The van der Waals surface area contributed by atoms with Crippen LogP contribution in [0.2, 0.25) is 0 Å². The van der Waals surface area contributed by atoms with Gasteiger partial charge in [0, 0.05) is 0 Å². The first-order chi connectivity index (χ1) is 10.5. The molecule has 0 aliphatic carbocycles. The van der Waals surface area contributed by atoms with Gasteiger partial charge in [-0.15, -0.1) is 0 Å². The van der Waals surface area contributed by atoms with E-state index in [1.54, 1.807) is 0 Å². The Morgan fingerprint density at radius 1 is 0.818 bits per heavy atom. The van der Waals surface area contributed by atoms with Gasteiger partial charge in [-0.3, -0.25) is 0 Å². The fraction of sp³-hybridized carbons (Fsp3) is 0.333. The Hall–Kier alpha value is -1.24. The molecule has 0 aromatic heterocycles. The average Bonchev–Trinajstić information content (AvgIpc) is 2.50. The molecule has 0 saturated carbocycles. The van der Waals surface area contributed by atoms with Gasteiger partial charge in [0.05, 0.1) is 0 Å². The van der Waals surface area contributed by atoms with Crippen molar-refractivity contribution in [2.75, 3.05) is 6.16 Å². The van der Waals surface area contributed by atoms with E-state index >= 15 is 0 Å². The standard InChI is InChI=1S/C18H24ClO2P/c1-4-5-14-22(19,20-17-10-6-15(2)7-11-17)21-18-12-8-16(3)9-13-18/h6-13,22H,4-5,14H2,1-3H3. The molecule has 0 radical (unpaired) electrons. The van der Waals surface area contributed by atoms with Crippen LogP contribution in [0.15, 0.2) is 48.5 Å². The summed E-state index contributed by atoms with van der Waals surface area (Å²) in [5, 5.41) is 0. The van der Waals surface area contributed by atoms with Crippen LogP contribution in [0.4, 0.5) is 0 Å². The Kier molecular flexibility index (Phi) is 6.11. The molecule has 2 aromatic carbocycles. The van der Waals surface area contributed by atoms with E-state index in [9.17, 15) is 0 Å². The number of halogens is 1. The molecule has 0 aliphatic heterocycles. The number of aryl methyl sites for hydroxylation is 2. The van der Waals surface area contributed by atoms with Gasteiger partial charge in [-0.05, 0) is 0 Å². The van der Waals surface area contributed by atoms with Gasteiger partial charge < -0.3 is 0 Å². The summed E-state index contributed by atoms with van der Waals surface area (Å²) in [4.78, 5) is 0. The summed E-state index contributed by atoms with van der Waals surface area (Å²) in [6, 6.07) is 15.9. The summed E-state index contributed by atoms with van der Waals surface area (Å²) in [6.45, 7) is 6.24. The van der Waals surface area contributed by atoms with E-state index < -0.39 is 7.07 Å². The van der Waals surface area contributed by atoms with Gasteiger partial charge in [0.1, 0.15) is 0 Å². The summed E-state index contributed by atoms with van der Waals surface area (Å²) in [5.74, 6) is 1.55. The molecular formula is C18H24ClO2P. The second-order valence-electron chi connectivity index (χ2n) is 5.59. The zero-order valence-electron chi connectivity index (χ0n) is 13.4. The van der Waals surface area contributed by atoms with Crippen LogP contribution in [0.25, 0.3) is 0 Å². The topological polar surface area (TPSA) is 18.5 Å². The Morgan fingerprint density at radius 3 is 1.59 bits per heavy atom. The van der Waals surface area contributed by atoms with Crippen molar-refractivity contribution in [3.05, 3.63) is 59.7 Å². The molecule has 0 aliphatic rings. The molecule has 0 N–H and O–H groups in total. The van der Waals surface area contributed by atoms with E-state index in [4.69, 9.17) is 20.3 Å². The zero-order valence-corrected chi connectivity index (χ0v) is 15.2. The summed E-state index contributed by atoms with van der Waals surface area (Å²) >= 11 is 6.76. The van der Waals surface area contributed by atoms with Crippen LogP contribution in [0, 0.1) is 13.8 Å². The number of rotatable bonds is 7. The van der Waals surface area contributed by atoms with Crippen LogP contribution in [0.5, 0.6) is 11.5 Å². The predicted octanol–water partition coefficient (Wildman–Crippen LogP) is 6.30. The van der Waals surface area contributed by atoms with Crippen molar-refractivity contribution in [1.82, 2.24) is 0 Å². The molecule has 0 saturated heterocycles. The SMILES string of the molecule is CCCC[PH](Cl)(Oc1ccc(C)cc1)Oc1ccc(C)cc1. The van der Waals surface area contributed by atoms with Crippen molar-refractivity contribution < 1.29 is 9.05 Å². The van der Waals surface area contributed by atoms with E-state index in [0.717, 1.165) is 30.5 Å². The van der Waals surface area contributed by atoms with Crippen molar-refractivity contribution in [3.8, 4) is 11.5 Å². The van der Waals surface area contributed by atoms with Crippen LogP contribution in [0.3, 0.4) is 0 Å². The second kappa shape index (κ2) is 7.85. The van der Waals surface area contributed by atoms with Crippen LogP contribution in [-0.4, -0.2) is 6.16 Å². The third-order valence-electron chi connectivity index (χ3n) is 3.41. The van der Waals surface area contributed by atoms with Crippen molar-refractivity contribution in [2.24, 2.45) is 0 Å². The molecule has 0 fully saturated rings. The molecular weight excluding hydrogens is 315 g/mol. The zero-order chi connectivity index (χ0) is 16.0. The van der Waals surface area contributed by atoms with Crippen molar-refractivity contribution in [3.63, 3.8) is 0 Å². The minimum atomic E-state index is -2.81. The molecule has 2 aromatic rings. The van der Waals surface area contributed by atoms with Gasteiger partial charge in [-0.1, -0.05) is 0 Å². The van der Waals surface area contributed by atoms with Crippen molar-refractivity contribution in [1.29, 1.82) is 0 Å². The van der Waals surface area contributed by atoms with Gasteiger partial charge in [0.25, 0.3) is 0 Å². The molecule has 2 nitrogen and oxygen atoms in total. The molecule has 0 atom stereocenters. The predicted molar refractivity (Wildman–Crippen MR) is 97.6 cm³/mol. The van der Waals surface area contributed by atoms with Crippen LogP contribution in [-0.2, 0) is 0 Å². The molecule has 120 valence electrons. The summed E-state index contributed by atoms with van der Waals surface area (Å²) in [5.41, 5.74) is 2.39. The average molecular weight is 339 g/mol. The van der Waals surface area contributed by atoms with Gasteiger partial charge >= 0.3 is 138 Å². The molecule has 22 heavy (non-hydrogen) atoms. The molecule has 0 heterocycles. The summed E-state index contributed by atoms with van der Waals surface area (Å²) < 4.78 is 12.2. The van der Waals surface area contributed by atoms with E-state index in [0.29, 0.717) is 0 Å². The van der Waals surface area contributed by atoms with Crippen molar-refractivity contribution >= 4 is 18.3 Å². The molecule has 2 rings (SSSR count). The number of hydrogen-bond acceptors (Lipinski definition) is 2. The third kappa shape index (κ3) is 5.19. The quantitative estimate of drug-likeness (QED) is 0.552. The van der Waals surface area contributed by atoms with Gasteiger partial charge in [-0.2, -0.15) is 0 Å². The molecule has 4 heteroatoms. The maximum atomic E-state index is 6.76. The number of hydrogen-bond donors (Lipinski definition) is 0. The Balaban J connectivity index is 2.14. The number of unbranched alkanes of at least 4 members (excludes halogenated alkanes) is 1. The Bertz CT molecular complexity index is 534. The monoisotopic (exact) mass is 338 g/mol. The molecule has 0 unspecified atom stereocenters. The second-order valence-corrected chi connectivity index (χ2v) is 9.55. The first-order valence-corrected chi connectivity index (χ1v) is 10.7. The number of benzene rings is 2. The van der Waals surface area contributed by atoms with E-state index in [2.05, 4.69) is 20.8 Å². The van der Waals surface area contributed by atoms with Crippen LogP contribution in [0.1, 0.15) is 30.9 Å². The Labute approximate surface area is 138 Å². The maximum absolute atomic E-state index is 6.76. The third-order valence-corrected chi connectivity index (χ3v) is 6.47.